The summed E-state index contributed by atoms with van der Waals surface area (Å²) in [6, 6.07) is 5.87. The van der Waals surface area contributed by atoms with E-state index in [-0.39, 0.29) is 11.9 Å². The van der Waals surface area contributed by atoms with Gasteiger partial charge in [-0.05, 0) is 23.6 Å². The summed E-state index contributed by atoms with van der Waals surface area (Å²) in [6.45, 7) is 5.66. The second kappa shape index (κ2) is 8.49. The van der Waals surface area contributed by atoms with Crippen LogP contribution in [0.5, 0.6) is 5.75 Å². The van der Waals surface area contributed by atoms with Crippen LogP contribution in [0, 0.1) is 5.92 Å². The summed E-state index contributed by atoms with van der Waals surface area (Å²) < 4.78 is 10.5. The molecule has 0 aromatic heterocycles. The molecule has 0 fully saturated rings. The summed E-state index contributed by atoms with van der Waals surface area (Å²) in [5, 5.41) is 15.2. The van der Waals surface area contributed by atoms with E-state index in [9.17, 15) is 0 Å². The lowest BCUT2D eigenvalue weighted by atomic mass is 10.0. The van der Waals surface area contributed by atoms with Crippen molar-refractivity contribution in [3.8, 4) is 5.75 Å². The van der Waals surface area contributed by atoms with E-state index < -0.39 is 0 Å². The summed E-state index contributed by atoms with van der Waals surface area (Å²) in [4.78, 5) is 0. The summed E-state index contributed by atoms with van der Waals surface area (Å²) in [5.74, 6) is 1.09. The molecular weight excluding hydrogens is 270 g/mol. The van der Waals surface area contributed by atoms with Crippen LogP contribution in [0.2, 0.25) is 0 Å². The zero-order chi connectivity index (χ0) is 15.8. The molecule has 0 aliphatic rings. The van der Waals surface area contributed by atoms with Crippen molar-refractivity contribution in [1.82, 2.24) is 5.32 Å². The van der Waals surface area contributed by atoms with E-state index in [4.69, 9.17) is 20.4 Å². The van der Waals surface area contributed by atoms with E-state index in [1.165, 1.54) is 0 Å². The quantitative estimate of drug-likeness (QED) is 0.293. The summed E-state index contributed by atoms with van der Waals surface area (Å²) in [7, 11) is 3.26. The number of hydrogen-bond donors (Lipinski definition) is 3. The van der Waals surface area contributed by atoms with Gasteiger partial charge in [0.2, 0.25) is 0 Å². The Kier molecular flexibility index (Phi) is 6.98. The van der Waals surface area contributed by atoms with Crippen molar-refractivity contribution < 1.29 is 14.7 Å². The van der Waals surface area contributed by atoms with Gasteiger partial charge < -0.3 is 25.7 Å². The first kappa shape index (κ1) is 17.3. The van der Waals surface area contributed by atoms with Gasteiger partial charge in [0.05, 0.1) is 19.3 Å². The van der Waals surface area contributed by atoms with Gasteiger partial charge in [0.15, 0.2) is 5.84 Å². The molecule has 0 heterocycles. The normalized spacial score (nSPS) is 13.5. The Morgan fingerprint density at radius 2 is 2.10 bits per heavy atom. The minimum atomic E-state index is 0.0331. The Balaban J connectivity index is 2.81. The van der Waals surface area contributed by atoms with Crippen molar-refractivity contribution in [3.05, 3.63) is 29.3 Å². The van der Waals surface area contributed by atoms with Crippen LogP contribution < -0.4 is 15.8 Å². The van der Waals surface area contributed by atoms with Gasteiger partial charge in [-0.1, -0.05) is 25.1 Å². The molecule has 1 unspecified atom stereocenters. The molecule has 0 aliphatic carbocycles. The Labute approximate surface area is 125 Å². The number of benzene rings is 1. The highest BCUT2D eigenvalue weighted by Gasteiger charge is 2.13. The zero-order valence-corrected chi connectivity index (χ0v) is 13.1. The smallest absolute Gasteiger partial charge is 0.173 e. The molecule has 0 saturated carbocycles. The number of amidine groups is 1. The summed E-state index contributed by atoms with van der Waals surface area (Å²) >= 11 is 0. The number of nitrogens with zero attached hydrogens (tertiary/aromatic N) is 1. The van der Waals surface area contributed by atoms with Crippen LogP contribution in [0.4, 0.5) is 0 Å². The van der Waals surface area contributed by atoms with Crippen LogP contribution in [0.25, 0.3) is 0 Å². The van der Waals surface area contributed by atoms with Crippen molar-refractivity contribution in [2.75, 3.05) is 20.8 Å². The maximum Gasteiger partial charge on any atom is 0.173 e. The maximum atomic E-state index is 8.75. The molecule has 6 nitrogen and oxygen atoms in total. The zero-order valence-electron chi connectivity index (χ0n) is 13.1. The summed E-state index contributed by atoms with van der Waals surface area (Å²) in [5.41, 5.74) is 7.24. The second-order valence-electron chi connectivity index (χ2n) is 5.21. The van der Waals surface area contributed by atoms with Gasteiger partial charge in [-0.15, -0.1) is 0 Å². The van der Waals surface area contributed by atoms with E-state index in [1.807, 2.05) is 12.1 Å². The largest absolute Gasteiger partial charge is 0.496 e. The maximum absolute atomic E-state index is 8.75. The number of nitrogens with two attached hydrogens (primary N) is 1. The predicted octanol–water partition coefficient (Wildman–Crippen LogP) is 1.55. The highest BCUT2D eigenvalue weighted by molar-refractivity contribution is 5.99. The van der Waals surface area contributed by atoms with Gasteiger partial charge in [-0.3, -0.25) is 0 Å². The Bertz CT molecular complexity index is 475. The fourth-order valence-corrected chi connectivity index (χ4v) is 2.03. The van der Waals surface area contributed by atoms with Crippen LogP contribution in [-0.2, 0) is 11.3 Å². The minimum absolute atomic E-state index is 0.0331. The average Bonchev–Trinajstić information content (AvgIpc) is 2.49. The van der Waals surface area contributed by atoms with Gasteiger partial charge in [0.25, 0.3) is 0 Å². The first-order valence-corrected chi connectivity index (χ1v) is 6.90. The molecule has 1 aromatic carbocycles. The first-order chi connectivity index (χ1) is 10.0. The Morgan fingerprint density at radius 3 is 2.62 bits per heavy atom. The van der Waals surface area contributed by atoms with E-state index in [0.29, 0.717) is 30.4 Å². The van der Waals surface area contributed by atoms with Crippen LogP contribution >= 0.6 is 0 Å². The molecule has 0 saturated heterocycles. The molecule has 118 valence electrons. The lowest BCUT2D eigenvalue weighted by molar-refractivity contribution is 0.146. The lowest BCUT2D eigenvalue weighted by Crippen LogP contribution is -2.37. The number of methoxy groups -OCH3 is 2. The van der Waals surface area contributed by atoms with Crippen molar-refractivity contribution >= 4 is 5.84 Å². The van der Waals surface area contributed by atoms with E-state index >= 15 is 0 Å². The van der Waals surface area contributed by atoms with Crippen LogP contribution in [0.1, 0.15) is 25.0 Å². The molecule has 4 N–H and O–H groups in total. The van der Waals surface area contributed by atoms with Gasteiger partial charge >= 0.3 is 0 Å². The van der Waals surface area contributed by atoms with E-state index in [2.05, 4.69) is 24.3 Å². The molecule has 0 aliphatic heterocycles. The molecule has 6 heteroatoms. The number of oxime groups is 1. The third-order valence-electron chi connectivity index (χ3n) is 3.37. The number of nitrogens with one attached hydrogen (secondary N) is 1. The lowest BCUT2D eigenvalue weighted by Gasteiger charge is -2.22. The third-order valence-corrected chi connectivity index (χ3v) is 3.37. The van der Waals surface area contributed by atoms with Crippen molar-refractivity contribution in [2.45, 2.75) is 26.4 Å². The molecule has 21 heavy (non-hydrogen) atoms. The fourth-order valence-electron chi connectivity index (χ4n) is 2.03. The number of hydrogen-bond acceptors (Lipinski definition) is 5. The fraction of sp³-hybridized carbons (Fsp3) is 0.533. The second-order valence-corrected chi connectivity index (χ2v) is 5.21. The van der Waals surface area contributed by atoms with Crippen molar-refractivity contribution in [2.24, 2.45) is 16.8 Å². The molecule has 1 atom stereocenters. The summed E-state index contributed by atoms with van der Waals surface area (Å²) in [6.07, 6.45) is 0. The van der Waals surface area contributed by atoms with Crippen molar-refractivity contribution in [1.29, 1.82) is 0 Å². The highest BCUT2D eigenvalue weighted by atomic mass is 16.5. The van der Waals surface area contributed by atoms with E-state index in [0.717, 1.165) is 5.56 Å². The van der Waals surface area contributed by atoms with Crippen LogP contribution in [0.15, 0.2) is 23.4 Å². The van der Waals surface area contributed by atoms with Crippen LogP contribution in [-0.4, -0.2) is 37.9 Å². The molecular formula is C15H25N3O3. The first-order valence-electron chi connectivity index (χ1n) is 6.90. The number of rotatable bonds is 8. The predicted molar refractivity (Wildman–Crippen MR) is 82.8 cm³/mol. The SMILES string of the molecule is COCC(NCc1ccc(/C(N)=N/O)c(OC)c1)C(C)C. The molecule has 0 amide bonds. The van der Waals surface area contributed by atoms with Gasteiger partial charge in [0.1, 0.15) is 5.75 Å². The molecule has 1 aromatic rings. The van der Waals surface area contributed by atoms with Gasteiger partial charge in [-0.25, -0.2) is 0 Å². The van der Waals surface area contributed by atoms with Gasteiger partial charge in [0, 0.05) is 19.7 Å². The average molecular weight is 295 g/mol. The molecule has 0 spiro atoms. The monoisotopic (exact) mass is 295 g/mol. The molecule has 0 bridgehead atoms. The van der Waals surface area contributed by atoms with Crippen molar-refractivity contribution in [3.63, 3.8) is 0 Å². The third kappa shape index (κ3) is 4.91. The minimum Gasteiger partial charge on any atom is -0.496 e. The molecule has 1 rings (SSSR count). The molecule has 0 radical (unpaired) electrons. The van der Waals surface area contributed by atoms with E-state index in [1.54, 1.807) is 20.3 Å². The standard InChI is InChI=1S/C15H25N3O3/c1-10(2)13(9-20-3)17-8-11-5-6-12(15(16)18-19)14(7-11)21-4/h5-7,10,13,17,19H,8-9H2,1-4H3,(H2,16,18). The van der Waals surface area contributed by atoms with Gasteiger partial charge in [-0.2, -0.15) is 0 Å². The topological polar surface area (TPSA) is 89.1 Å². The highest BCUT2D eigenvalue weighted by Crippen LogP contribution is 2.20. The Hall–Kier alpha value is -1.79. The van der Waals surface area contributed by atoms with Crippen LogP contribution in [0.3, 0.4) is 0 Å². The number of ether oxygens (including phenoxy) is 2. The Morgan fingerprint density at radius 1 is 1.38 bits per heavy atom.